The highest BCUT2D eigenvalue weighted by Crippen LogP contribution is 2.22. The van der Waals surface area contributed by atoms with Gasteiger partial charge in [-0.2, -0.15) is 0 Å². The quantitative estimate of drug-likeness (QED) is 0.678. The summed E-state index contributed by atoms with van der Waals surface area (Å²) in [5, 5.41) is 3.07. The second-order valence-electron chi connectivity index (χ2n) is 6.01. The van der Waals surface area contributed by atoms with Crippen molar-refractivity contribution in [2.75, 3.05) is 7.05 Å². The molecule has 2 aromatic carbocycles. The Hall–Kier alpha value is -2.53. The molecule has 3 nitrogen and oxygen atoms in total. The minimum Gasteiger partial charge on any atom is -0.341 e. The summed E-state index contributed by atoms with van der Waals surface area (Å²) in [4.78, 5) is 18.5. The Labute approximate surface area is 150 Å². The Morgan fingerprint density at radius 2 is 1.92 bits per heavy atom. The van der Waals surface area contributed by atoms with Crippen LogP contribution in [0, 0.1) is 12.7 Å². The third-order valence-corrected chi connectivity index (χ3v) is 4.73. The van der Waals surface area contributed by atoms with E-state index in [1.165, 1.54) is 12.1 Å². The minimum absolute atomic E-state index is 0.00140. The second-order valence-corrected chi connectivity index (χ2v) is 7.07. The van der Waals surface area contributed by atoms with E-state index in [-0.39, 0.29) is 11.7 Å². The SMILES string of the molecule is Cc1nc(-c2ccc(CC(=O)N(C)Cc3cccc(F)c3)cc2)cs1. The van der Waals surface area contributed by atoms with E-state index in [0.29, 0.717) is 13.0 Å². The number of amides is 1. The van der Waals surface area contributed by atoms with Crippen LogP contribution >= 0.6 is 11.3 Å². The third-order valence-electron chi connectivity index (χ3n) is 3.96. The second kappa shape index (κ2) is 7.57. The number of halogens is 1. The summed E-state index contributed by atoms with van der Waals surface area (Å²) in [6, 6.07) is 14.2. The fourth-order valence-electron chi connectivity index (χ4n) is 2.60. The van der Waals surface area contributed by atoms with Gasteiger partial charge >= 0.3 is 0 Å². The molecular formula is C20H19FN2OS. The van der Waals surface area contributed by atoms with Crippen LogP contribution in [0.25, 0.3) is 11.3 Å². The van der Waals surface area contributed by atoms with Gasteiger partial charge in [-0.25, -0.2) is 9.37 Å². The largest absolute Gasteiger partial charge is 0.341 e. The maximum Gasteiger partial charge on any atom is 0.227 e. The van der Waals surface area contributed by atoms with Crippen molar-refractivity contribution in [2.45, 2.75) is 19.9 Å². The van der Waals surface area contributed by atoms with Gasteiger partial charge in [-0.1, -0.05) is 36.4 Å². The molecule has 5 heteroatoms. The summed E-state index contributed by atoms with van der Waals surface area (Å²) in [6.45, 7) is 2.38. The van der Waals surface area contributed by atoms with Gasteiger partial charge in [0.05, 0.1) is 17.1 Å². The van der Waals surface area contributed by atoms with Crippen LogP contribution in [0.1, 0.15) is 16.1 Å². The van der Waals surface area contributed by atoms with Gasteiger partial charge in [-0.05, 0) is 30.2 Å². The molecule has 0 N–H and O–H groups in total. The first-order chi connectivity index (χ1) is 12.0. The number of aromatic nitrogens is 1. The highest BCUT2D eigenvalue weighted by Gasteiger charge is 2.11. The molecule has 0 aliphatic rings. The van der Waals surface area contributed by atoms with E-state index in [4.69, 9.17) is 0 Å². The Bertz CT molecular complexity index is 873. The van der Waals surface area contributed by atoms with Crippen molar-refractivity contribution in [2.24, 2.45) is 0 Å². The Morgan fingerprint density at radius 1 is 1.16 bits per heavy atom. The van der Waals surface area contributed by atoms with Gasteiger partial charge in [0.25, 0.3) is 0 Å². The van der Waals surface area contributed by atoms with Gasteiger partial charge in [0.1, 0.15) is 5.82 Å². The first-order valence-electron chi connectivity index (χ1n) is 8.01. The highest BCUT2D eigenvalue weighted by atomic mass is 32.1. The summed E-state index contributed by atoms with van der Waals surface area (Å²) in [5.41, 5.74) is 3.74. The van der Waals surface area contributed by atoms with Crippen LogP contribution in [0.3, 0.4) is 0 Å². The average Bonchev–Trinajstić information content (AvgIpc) is 3.02. The number of benzene rings is 2. The maximum absolute atomic E-state index is 13.2. The van der Waals surface area contributed by atoms with Gasteiger partial charge in [0, 0.05) is 24.5 Å². The molecule has 0 radical (unpaired) electrons. The van der Waals surface area contributed by atoms with E-state index in [1.807, 2.05) is 42.6 Å². The van der Waals surface area contributed by atoms with Crippen LogP contribution in [0.5, 0.6) is 0 Å². The molecule has 1 aromatic heterocycles. The molecule has 0 unspecified atom stereocenters. The zero-order valence-electron chi connectivity index (χ0n) is 14.2. The smallest absolute Gasteiger partial charge is 0.227 e. The molecule has 0 spiro atoms. The van der Waals surface area contributed by atoms with E-state index in [0.717, 1.165) is 27.4 Å². The predicted molar refractivity (Wildman–Crippen MR) is 98.9 cm³/mol. The molecule has 3 rings (SSSR count). The summed E-state index contributed by atoms with van der Waals surface area (Å²) in [6.07, 6.45) is 0.322. The fourth-order valence-corrected chi connectivity index (χ4v) is 3.22. The topological polar surface area (TPSA) is 33.2 Å². The maximum atomic E-state index is 13.2. The van der Waals surface area contributed by atoms with Crippen LogP contribution in [-0.4, -0.2) is 22.8 Å². The van der Waals surface area contributed by atoms with Gasteiger partial charge < -0.3 is 4.90 Å². The number of thiazole rings is 1. The minimum atomic E-state index is -0.286. The molecule has 25 heavy (non-hydrogen) atoms. The normalized spacial score (nSPS) is 10.7. The van der Waals surface area contributed by atoms with Crippen LogP contribution in [-0.2, 0) is 17.8 Å². The van der Waals surface area contributed by atoms with Crippen LogP contribution < -0.4 is 0 Å². The lowest BCUT2D eigenvalue weighted by atomic mass is 10.1. The number of nitrogens with zero attached hydrogens (tertiary/aromatic N) is 2. The van der Waals surface area contributed by atoms with Crippen molar-refractivity contribution in [3.8, 4) is 11.3 Å². The summed E-state index contributed by atoms with van der Waals surface area (Å²) < 4.78 is 13.2. The van der Waals surface area contributed by atoms with E-state index in [1.54, 1.807) is 29.4 Å². The molecule has 0 aliphatic heterocycles. The van der Waals surface area contributed by atoms with Crippen molar-refractivity contribution in [3.05, 3.63) is 75.9 Å². The number of hydrogen-bond acceptors (Lipinski definition) is 3. The molecule has 0 fully saturated rings. The third kappa shape index (κ3) is 4.51. The summed E-state index contributed by atoms with van der Waals surface area (Å²) in [7, 11) is 1.74. The van der Waals surface area contributed by atoms with Gasteiger partial charge in [0.15, 0.2) is 0 Å². The van der Waals surface area contributed by atoms with Crippen molar-refractivity contribution < 1.29 is 9.18 Å². The zero-order valence-corrected chi connectivity index (χ0v) is 15.0. The molecular weight excluding hydrogens is 335 g/mol. The molecule has 0 aliphatic carbocycles. The lowest BCUT2D eigenvalue weighted by Crippen LogP contribution is -2.27. The van der Waals surface area contributed by atoms with E-state index < -0.39 is 0 Å². The average molecular weight is 354 g/mol. The van der Waals surface area contributed by atoms with Gasteiger partial charge in [-0.15, -0.1) is 11.3 Å². The lowest BCUT2D eigenvalue weighted by molar-refractivity contribution is -0.129. The van der Waals surface area contributed by atoms with Crippen molar-refractivity contribution in [1.82, 2.24) is 9.88 Å². The molecule has 128 valence electrons. The molecule has 1 heterocycles. The van der Waals surface area contributed by atoms with Crippen molar-refractivity contribution >= 4 is 17.2 Å². The standard InChI is InChI=1S/C20H19FN2OS/c1-14-22-19(13-25-14)17-8-6-15(7-9-17)11-20(24)23(2)12-16-4-3-5-18(21)10-16/h3-10,13H,11-12H2,1-2H3. The van der Waals surface area contributed by atoms with Crippen LogP contribution in [0.2, 0.25) is 0 Å². The number of rotatable bonds is 5. The van der Waals surface area contributed by atoms with Gasteiger partial charge in [0.2, 0.25) is 5.91 Å². The Balaban J connectivity index is 1.62. The summed E-state index contributed by atoms with van der Waals surface area (Å²) >= 11 is 1.62. The van der Waals surface area contributed by atoms with Crippen LogP contribution in [0.15, 0.2) is 53.9 Å². The number of aryl methyl sites for hydroxylation is 1. The molecule has 0 atom stereocenters. The fraction of sp³-hybridized carbons (Fsp3) is 0.200. The summed E-state index contributed by atoms with van der Waals surface area (Å²) in [5.74, 6) is -0.285. The highest BCUT2D eigenvalue weighted by molar-refractivity contribution is 7.09. The van der Waals surface area contributed by atoms with Crippen molar-refractivity contribution in [1.29, 1.82) is 0 Å². The number of hydrogen-bond donors (Lipinski definition) is 0. The van der Waals surface area contributed by atoms with E-state index >= 15 is 0 Å². The van der Waals surface area contributed by atoms with Crippen molar-refractivity contribution in [3.63, 3.8) is 0 Å². The van der Waals surface area contributed by atoms with E-state index in [2.05, 4.69) is 4.98 Å². The van der Waals surface area contributed by atoms with E-state index in [9.17, 15) is 9.18 Å². The predicted octanol–water partition coefficient (Wildman–Crippen LogP) is 4.46. The number of carbonyl (C=O) groups excluding carboxylic acids is 1. The number of likely N-dealkylation sites (N-methyl/N-ethyl adjacent to an activating group) is 1. The monoisotopic (exact) mass is 354 g/mol. The Morgan fingerprint density at radius 3 is 2.56 bits per heavy atom. The molecule has 0 saturated heterocycles. The molecule has 0 bridgehead atoms. The van der Waals surface area contributed by atoms with Gasteiger partial charge in [-0.3, -0.25) is 4.79 Å². The first-order valence-corrected chi connectivity index (χ1v) is 8.89. The lowest BCUT2D eigenvalue weighted by Gasteiger charge is -2.17. The Kier molecular flexibility index (Phi) is 5.24. The molecule has 1 amide bonds. The zero-order chi connectivity index (χ0) is 17.8. The molecule has 0 saturated carbocycles. The number of carbonyl (C=O) groups is 1. The van der Waals surface area contributed by atoms with Crippen LogP contribution in [0.4, 0.5) is 4.39 Å². The first kappa shape index (κ1) is 17.3. The molecule has 3 aromatic rings.